The fourth-order valence-electron chi connectivity index (χ4n) is 1.61. The van der Waals surface area contributed by atoms with Gasteiger partial charge in [-0.15, -0.1) is 0 Å². The van der Waals surface area contributed by atoms with Gasteiger partial charge in [0.05, 0.1) is 5.69 Å². The van der Waals surface area contributed by atoms with Gasteiger partial charge in [0.1, 0.15) is 5.82 Å². The van der Waals surface area contributed by atoms with Crippen LogP contribution in [0, 0.1) is 6.92 Å². The van der Waals surface area contributed by atoms with Crippen molar-refractivity contribution in [2.45, 2.75) is 13.8 Å². The van der Waals surface area contributed by atoms with Crippen LogP contribution >= 0.6 is 0 Å². The van der Waals surface area contributed by atoms with Crippen LogP contribution in [-0.4, -0.2) is 20.4 Å². The molecule has 1 N–H and O–H groups in total. The summed E-state index contributed by atoms with van der Waals surface area (Å²) in [7, 11) is 0. The third-order valence-corrected chi connectivity index (χ3v) is 2.42. The lowest BCUT2D eigenvalue weighted by atomic mass is 10.3. The lowest BCUT2D eigenvalue weighted by Crippen LogP contribution is -2.12. The van der Waals surface area contributed by atoms with E-state index >= 15 is 0 Å². The van der Waals surface area contributed by atoms with Crippen molar-refractivity contribution in [3.8, 4) is 5.82 Å². The molecule has 0 spiro atoms. The molecule has 18 heavy (non-hydrogen) atoms. The summed E-state index contributed by atoms with van der Waals surface area (Å²) in [5.74, 6) is 1.30. The van der Waals surface area contributed by atoms with Gasteiger partial charge in [0.15, 0.2) is 5.82 Å². The Kier molecular flexibility index (Phi) is 3.52. The van der Waals surface area contributed by atoms with Gasteiger partial charge in [-0.1, -0.05) is 6.08 Å². The maximum atomic E-state index is 11.6. The molecule has 2 heterocycles. The molecule has 5 heteroatoms. The van der Waals surface area contributed by atoms with Gasteiger partial charge in [-0.25, -0.2) is 9.97 Å². The normalized spacial score (nSPS) is 10.8. The molecule has 2 rings (SSSR count). The minimum atomic E-state index is -0.176. The molecule has 0 unspecified atom stereocenters. The average molecular weight is 242 g/mol. The van der Waals surface area contributed by atoms with E-state index in [-0.39, 0.29) is 5.91 Å². The van der Waals surface area contributed by atoms with E-state index in [0.29, 0.717) is 11.5 Å². The number of hydrogen-bond donors (Lipinski definition) is 1. The molecule has 0 bridgehead atoms. The second kappa shape index (κ2) is 5.27. The molecule has 0 aliphatic carbocycles. The highest BCUT2D eigenvalue weighted by atomic mass is 16.1. The molecule has 0 fully saturated rings. The molecule has 0 saturated carbocycles. The van der Waals surface area contributed by atoms with Gasteiger partial charge >= 0.3 is 0 Å². The zero-order valence-corrected chi connectivity index (χ0v) is 10.3. The van der Waals surface area contributed by atoms with E-state index in [4.69, 9.17) is 0 Å². The lowest BCUT2D eigenvalue weighted by Gasteiger charge is -2.10. The van der Waals surface area contributed by atoms with Crippen molar-refractivity contribution in [2.75, 3.05) is 5.32 Å². The second-order valence-electron chi connectivity index (χ2n) is 3.71. The summed E-state index contributed by atoms with van der Waals surface area (Å²) in [5, 5.41) is 2.79. The van der Waals surface area contributed by atoms with Crippen molar-refractivity contribution in [3.63, 3.8) is 0 Å². The molecule has 92 valence electrons. The third-order valence-electron chi connectivity index (χ3n) is 2.42. The molecular formula is C13H14N4O. The highest BCUT2D eigenvalue weighted by Crippen LogP contribution is 2.18. The van der Waals surface area contributed by atoms with Crippen molar-refractivity contribution in [2.24, 2.45) is 0 Å². The molecule has 0 atom stereocenters. The van der Waals surface area contributed by atoms with E-state index in [1.54, 1.807) is 31.5 Å². The lowest BCUT2D eigenvalue weighted by molar-refractivity contribution is -0.111. The minimum Gasteiger partial charge on any atom is -0.319 e. The van der Waals surface area contributed by atoms with E-state index in [9.17, 15) is 4.79 Å². The van der Waals surface area contributed by atoms with E-state index in [1.807, 2.05) is 23.8 Å². The topological polar surface area (TPSA) is 59.8 Å². The number of rotatable bonds is 3. The molecule has 2 aromatic heterocycles. The molecule has 5 nitrogen and oxygen atoms in total. The number of anilines is 1. The van der Waals surface area contributed by atoms with Crippen LogP contribution in [0.1, 0.15) is 12.7 Å². The minimum absolute atomic E-state index is 0.176. The SMILES string of the molecule is CC=CC(=O)Nc1cccnc1-n1ccnc1C. The number of nitrogens with one attached hydrogen (secondary N) is 1. The Balaban J connectivity index is 2.38. The first-order chi connectivity index (χ1) is 8.72. The largest absolute Gasteiger partial charge is 0.319 e. The average Bonchev–Trinajstić information content (AvgIpc) is 2.76. The van der Waals surface area contributed by atoms with Gasteiger partial charge < -0.3 is 5.32 Å². The Morgan fingerprint density at radius 1 is 1.39 bits per heavy atom. The van der Waals surface area contributed by atoms with Crippen LogP contribution in [0.2, 0.25) is 0 Å². The fraction of sp³-hybridized carbons (Fsp3) is 0.154. The van der Waals surface area contributed by atoms with Crippen LogP contribution in [0.4, 0.5) is 5.69 Å². The summed E-state index contributed by atoms with van der Waals surface area (Å²) in [4.78, 5) is 20.0. The number of aromatic nitrogens is 3. The number of hydrogen-bond acceptors (Lipinski definition) is 3. The zero-order valence-electron chi connectivity index (χ0n) is 10.3. The Labute approximate surface area is 105 Å². The zero-order chi connectivity index (χ0) is 13.0. The van der Waals surface area contributed by atoms with Gasteiger partial charge in [-0.2, -0.15) is 0 Å². The van der Waals surface area contributed by atoms with Crippen LogP contribution in [0.3, 0.4) is 0 Å². The number of aryl methyl sites for hydroxylation is 1. The van der Waals surface area contributed by atoms with Gasteiger partial charge in [-0.3, -0.25) is 9.36 Å². The van der Waals surface area contributed by atoms with Gasteiger partial charge in [0, 0.05) is 18.6 Å². The maximum Gasteiger partial charge on any atom is 0.248 e. The molecule has 0 radical (unpaired) electrons. The number of nitrogens with zero attached hydrogens (tertiary/aromatic N) is 3. The predicted molar refractivity (Wildman–Crippen MR) is 69.5 cm³/mol. The molecule has 0 saturated heterocycles. The summed E-state index contributed by atoms with van der Waals surface area (Å²) >= 11 is 0. The highest BCUT2D eigenvalue weighted by molar-refractivity contribution is 6.00. The number of imidazole rings is 1. The van der Waals surface area contributed by atoms with Crippen LogP contribution in [0.5, 0.6) is 0 Å². The van der Waals surface area contributed by atoms with Crippen molar-refractivity contribution < 1.29 is 4.79 Å². The number of allylic oxidation sites excluding steroid dienone is 1. The molecule has 0 aliphatic heterocycles. The van der Waals surface area contributed by atoms with Gasteiger partial charge in [0.25, 0.3) is 0 Å². The van der Waals surface area contributed by atoms with E-state index in [0.717, 1.165) is 5.82 Å². The maximum absolute atomic E-state index is 11.6. The van der Waals surface area contributed by atoms with Crippen molar-refractivity contribution in [1.29, 1.82) is 0 Å². The first kappa shape index (κ1) is 12.0. The Hall–Kier alpha value is -2.43. The van der Waals surface area contributed by atoms with Gasteiger partial charge in [0.2, 0.25) is 5.91 Å². The summed E-state index contributed by atoms with van der Waals surface area (Å²) < 4.78 is 1.82. The van der Waals surface area contributed by atoms with E-state index in [1.165, 1.54) is 6.08 Å². The molecule has 2 aromatic rings. The molecule has 0 aromatic carbocycles. The van der Waals surface area contributed by atoms with Crippen molar-refractivity contribution in [3.05, 3.63) is 48.7 Å². The van der Waals surface area contributed by atoms with Crippen molar-refractivity contribution >= 4 is 11.6 Å². The third kappa shape index (κ3) is 2.45. The second-order valence-corrected chi connectivity index (χ2v) is 3.71. The van der Waals surface area contributed by atoms with E-state index < -0.39 is 0 Å². The first-order valence-electron chi connectivity index (χ1n) is 5.61. The number of carbonyl (C=O) groups excluding carboxylic acids is 1. The van der Waals surface area contributed by atoms with E-state index in [2.05, 4.69) is 15.3 Å². The summed E-state index contributed by atoms with van der Waals surface area (Å²) in [5.41, 5.74) is 0.654. The predicted octanol–water partition coefficient (Wildman–Crippen LogP) is 2.09. The molecular weight excluding hydrogens is 228 g/mol. The standard InChI is InChI=1S/C13H14N4O/c1-3-5-12(18)16-11-6-4-7-15-13(11)17-9-8-14-10(17)2/h3-9H,1-2H3,(H,16,18). The monoisotopic (exact) mass is 242 g/mol. The van der Waals surface area contributed by atoms with Crippen LogP contribution < -0.4 is 5.32 Å². The highest BCUT2D eigenvalue weighted by Gasteiger charge is 2.09. The molecule has 0 aliphatic rings. The summed E-state index contributed by atoms with van der Waals surface area (Å²) in [6, 6.07) is 3.59. The number of amides is 1. The summed E-state index contributed by atoms with van der Waals surface area (Å²) in [6.45, 7) is 3.68. The van der Waals surface area contributed by atoms with Crippen molar-refractivity contribution in [1.82, 2.24) is 14.5 Å². The number of pyridine rings is 1. The van der Waals surface area contributed by atoms with Crippen LogP contribution in [0.15, 0.2) is 42.9 Å². The fourth-order valence-corrected chi connectivity index (χ4v) is 1.61. The Morgan fingerprint density at radius 2 is 2.22 bits per heavy atom. The van der Waals surface area contributed by atoms with Gasteiger partial charge in [-0.05, 0) is 32.1 Å². The Bertz CT molecular complexity index is 586. The smallest absolute Gasteiger partial charge is 0.248 e. The van der Waals surface area contributed by atoms with Crippen LogP contribution in [-0.2, 0) is 4.79 Å². The summed E-state index contributed by atoms with van der Waals surface area (Å²) in [6.07, 6.45) is 8.34. The Morgan fingerprint density at radius 3 is 2.89 bits per heavy atom. The molecule has 1 amide bonds. The number of carbonyl (C=O) groups is 1. The first-order valence-corrected chi connectivity index (χ1v) is 5.61. The van der Waals surface area contributed by atoms with Crippen LogP contribution in [0.25, 0.3) is 5.82 Å². The quantitative estimate of drug-likeness (QED) is 0.838.